The van der Waals surface area contributed by atoms with E-state index in [2.05, 4.69) is 17.6 Å². The average molecular weight is 248 g/mol. The molecule has 1 fully saturated rings. The molecule has 1 aromatic carbocycles. The third kappa shape index (κ3) is 3.24. The third-order valence-corrected chi connectivity index (χ3v) is 3.66. The van der Waals surface area contributed by atoms with E-state index in [9.17, 15) is 0 Å². The van der Waals surface area contributed by atoms with Gasteiger partial charge in [0, 0.05) is 6.04 Å². The molecule has 0 saturated heterocycles. The summed E-state index contributed by atoms with van der Waals surface area (Å²) in [6.45, 7) is 4.08. The molecule has 1 aliphatic carbocycles. The van der Waals surface area contributed by atoms with Crippen molar-refractivity contribution in [2.24, 2.45) is 11.8 Å². The summed E-state index contributed by atoms with van der Waals surface area (Å²) in [5.41, 5.74) is 4.24. The molecular formula is C15H24N2O. The first-order chi connectivity index (χ1) is 8.70. The monoisotopic (exact) mass is 248 g/mol. The third-order valence-electron chi connectivity index (χ3n) is 3.66. The highest BCUT2D eigenvalue weighted by Gasteiger charge is 2.25. The number of benzene rings is 1. The number of nitrogens with two attached hydrogens (primary N) is 1. The largest absolute Gasteiger partial charge is 0.491 e. The van der Waals surface area contributed by atoms with Gasteiger partial charge in [-0.3, -0.25) is 11.3 Å². The summed E-state index contributed by atoms with van der Waals surface area (Å²) in [7, 11) is 0. The minimum absolute atomic E-state index is 0.217. The molecule has 2 rings (SSSR count). The fraction of sp³-hybridized carbons (Fsp3) is 0.600. The molecule has 0 aliphatic heterocycles. The summed E-state index contributed by atoms with van der Waals surface area (Å²) >= 11 is 0. The summed E-state index contributed by atoms with van der Waals surface area (Å²) in [5.74, 6) is 7.32. The highest BCUT2D eigenvalue weighted by molar-refractivity contribution is 5.29. The van der Waals surface area contributed by atoms with Crippen molar-refractivity contribution in [3.63, 3.8) is 0 Å². The van der Waals surface area contributed by atoms with Gasteiger partial charge in [-0.2, -0.15) is 0 Å². The molecule has 0 amide bonds. The van der Waals surface area contributed by atoms with Crippen molar-refractivity contribution in [1.82, 2.24) is 5.43 Å². The van der Waals surface area contributed by atoms with E-state index in [1.165, 1.54) is 31.2 Å². The van der Waals surface area contributed by atoms with Crippen LogP contribution in [0.5, 0.6) is 5.75 Å². The lowest BCUT2D eigenvalue weighted by Gasteiger charge is -2.23. The van der Waals surface area contributed by atoms with Crippen LogP contribution in [-0.4, -0.2) is 6.10 Å². The number of ether oxygens (including phenoxy) is 1. The van der Waals surface area contributed by atoms with Crippen molar-refractivity contribution in [2.45, 2.75) is 51.7 Å². The Hall–Kier alpha value is -1.06. The van der Waals surface area contributed by atoms with Gasteiger partial charge >= 0.3 is 0 Å². The maximum Gasteiger partial charge on any atom is 0.119 e. The van der Waals surface area contributed by atoms with Gasteiger partial charge in [0.25, 0.3) is 0 Å². The van der Waals surface area contributed by atoms with Crippen LogP contribution in [0.1, 0.15) is 51.1 Å². The molecule has 3 nitrogen and oxygen atoms in total. The lowest BCUT2D eigenvalue weighted by atomic mass is 9.92. The molecule has 1 aromatic rings. The van der Waals surface area contributed by atoms with Crippen LogP contribution >= 0.6 is 0 Å². The van der Waals surface area contributed by atoms with E-state index >= 15 is 0 Å². The number of hydrogen-bond acceptors (Lipinski definition) is 3. The summed E-state index contributed by atoms with van der Waals surface area (Å²) in [5, 5.41) is 0. The molecule has 0 spiro atoms. The zero-order valence-electron chi connectivity index (χ0n) is 11.4. The molecule has 0 radical (unpaired) electrons. The minimum atomic E-state index is 0.217. The molecule has 3 N–H and O–H groups in total. The zero-order chi connectivity index (χ0) is 13.0. The van der Waals surface area contributed by atoms with Gasteiger partial charge in [0.1, 0.15) is 5.75 Å². The van der Waals surface area contributed by atoms with Crippen molar-refractivity contribution in [1.29, 1.82) is 0 Å². The lowest BCUT2D eigenvalue weighted by Crippen LogP contribution is -2.32. The van der Waals surface area contributed by atoms with E-state index in [1.54, 1.807) is 0 Å². The van der Waals surface area contributed by atoms with Crippen LogP contribution in [-0.2, 0) is 0 Å². The number of hydrazine groups is 1. The predicted molar refractivity (Wildman–Crippen MR) is 74.2 cm³/mol. The normalized spacial score (nSPS) is 18.2. The van der Waals surface area contributed by atoms with Gasteiger partial charge in [0.05, 0.1) is 6.10 Å². The maximum atomic E-state index is 5.72. The summed E-state index contributed by atoms with van der Waals surface area (Å²) in [6.07, 6.45) is 5.43. The molecule has 1 aliphatic rings. The van der Waals surface area contributed by atoms with E-state index in [0.29, 0.717) is 5.92 Å². The SMILES string of the molecule is CC(C)Oc1ccc(C(NN)C2CCCC2)cc1. The molecule has 1 unspecified atom stereocenters. The summed E-state index contributed by atoms with van der Waals surface area (Å²) in [6, 6.07) is 8.60. The molecule has 1 saturated carbocycles. The van der Waals surface area contributed by atoms with Gasteiger partial charge in [0.15, 0.2) is 0 Å². The van der Waals surface area contributed by atoms with Crippen molar-refractivity contribution in [2.75, 3.05) is 0 Å². The number of hydrogen-bond donors (Lipinski definition) is 2. The standard InChI is InChI=1S/C15H24N2O/c1-11(2)18-14-9-7-13(8-10-14)15(17-16)12-5-3-4-6-12/h7-12,15,17H,3-6,16H2,1-2H3. The maximum absolute atomic E-state index is 5.72. The van der Waals surface area contributed by atoms with E-state index in [0.717, 1.165) is 5.75 Å². The first kappa shape index (κ1) is 13.4. The summed E-state index contributed by atoms with van der Waals surface area (Å²) < 4.78 is 5.66. The van der Waals surface area contributed by atoms with Gasteiger partial charge in [-0.25, -0.2) is 0 Å². The molecule has 18 heavy (non-hydrogen) atoms. The molecule has 0 aromatic heterocycles. The van der Waals surface area contributed by atoms with Gasteiger partial charge in [0.2, 0.25) is 0 Å². The minimum Gasteiger partial charge on any atom is -0.491 e. The molecule has 0 bridgehead atoms. The topological polar surface area (TPSA) is 47.3 Å². The molecular weight excluding hydrogens is 224 g/mol. The van der Waals surface area contributed by atoms with Gasteiger partial charge in [-0.15, -0.1) is 0 Å². The van der Waals surface area contributed by atoms with Gasteiger partial charge in [-0.05, 0) is 50.3 Å². The molecule has 100 valence electrons. The Morgan fingerprint density at radius 2 is 1.78 bits per heavy atom. The Bertz CT molecular complexity index is 355. The Balaban J connectivity index is 2.06. The lowest BCUT2D eigenvalue weighted by molar-refractivity contribution is 0.242. The van der Waals surface area contributed by atoms with Gasteiger partial charge in [-0.1, -0.05) is 25.0 Å². The van der Waals surface area contributed by atoms with Crippen molar-refractivity contribution in [3.05, 3.63) is 29.8 Å². The van der Waals surface area contributed by atoms with Crippen molar-refractivity contribution < 1.29 is 4.74 Å². The highest BCUT2D eigenvalue weighted by atomic mass is 16.5. The fourth-order valence-electron chi connectivity index (χ4n) is 2.82. The molecule has 3 heteroatoms. The number of nitrogens with one attached hydrogen (secondary N) is 1. The molecule has 1 atom stereocenters. The van der Waals surface area contributed by atoms with Crippen LogP contribution in [0.3, 0.4) is 0 Å². The van der Waals surface area contributed by atoms with E-state index < -0.39 is 0 Å². The Kier molecular flexibility index (Phi) is 4.61. The van der Waals surface area contributed by atoms with E-state index in [4.69, 9.17) is 10.6 Å². The second kappa shape index (κ2) is 6.21. The Morgan fingerprint density at radius 3 is 2.28 bits per heavy atom. The first-order valence-corrected chi connectivity index (χ1v) is 6.93. The van der Waals surface area contributed by atoms with Crippen LogP contribution in [0.25, 0.3) is 0 Å². The van der Waals surface area contributed by atoms with Gasteiger partial charge < -0.3 is 4.74 Å². The highest BCUT2D eigenvalue weighted by Crippen LogP contribution is 2.35. The predicted octanol–water partition coefficient (Wildman–Crippen LogP) is 3.17. The fourth-order valence-corrected chi connectivity index (χ4v) is 2.82. The van der Waals surface area contributed by atoms with Crippen LogP contribution in [0, 0.1) is 5.92 Å². The zero-order valence-corrected chi connectivity index (χ0v) is 11.4. The molecule has 0 heterocycles. The number of rotatable bonds is 5. The van der Waals surface area contributed by atoms with Crippen LogP contribution < -0.4 is 16.0 Å². The second-order valence-electron chi connectivity index (χ2n) is 5.42. The Morgan fingerprint density at radius 1 is 1.17 bits per heavy atom. The Labute approximate surface area is 110 Å². The van der Waals surface area contributed by atoms with Crippen molar-refractivity contribution in [3.8, 4) is 5.75 Å². The quantitative estimate of drug-likeness (QED) is 0.621. The van der Waals surface area contributed by atoms with Crippen LogP contribution in [0.4, 0.5) is 0 Å². The van der Waals surface area contributed by atoms with Crippen molar-refractivity contribution >= 4 is 0 Å². The summed E-state index contributed by atoms with van der Waals surface area (Å²) in [4.78, 5) is 0. The second-order valence-corrected chi connectivity index (χ2v) is 5.42. The van der Waals surface area contributed by atoms with E-state index in [-0.39, 0.29) is 12.1 Å². The average Bonchev–Trinajstić information content (AvgIpc) is 2.85. The van der Waals surface area contributed by atoms with Crippen LogP contribution in [0.2, 0.25) is 0 Å². The van der Waals surface area contributed by atoms with Crippen LogP contribution in [0.15, 0.2) is 24.3 Å². The smallest absolute Gasteiger partial charge is 0.119 e. The first-order valence-electron chi connectivity index (χ1n) is 6.93. The van der Waals surface area contributed by atoms with E-state index in [1.807, 2.05) is 26.0 Å².